The SMILES string of the molecule is CCn1nc(C)c(N)c1C(=O)NCCCC(N)=O. The number of nitrogens with one attached hydrogen (secondary N) is 1. The predicted octanol–water partition coefficient (Wildman–Crippen LogP) is -0.211. The number of nitrogens with zero attached hydrogens (tertiary/aromatic N) is 2. The monoisotopic (exact) mass is 253 g/mol. The largest absolute Gasteiger partial charge is 0.395 e. The van der Waals surface area contributed by atoms with Crippen molar-refractivity contribution in [3.63, 3.8) is 0 Å². The second kappa shape index (κ2) is 6.04. The van der Waals surface area contributed by atoms with E-state index in [1.54, 1.807) is 11.6 Å². The molecule has 0 unspecified atom stereocenters. The number of hydrogen-bond donors (Lipinski definition) is 3. The number of aromatic nitrogens is 2. The smallest absolute Gasteiger partial charge is 0.271 e. The van der Waals surface area contributed by atoms with Crippen LogP contribution in [0.4, 0.5) is 5.69 Å². The lowest BCUT2D eigenvalue weighted by Crippen LogP contribution is -2.28. The summed E-state index contributed by atoms with van der Waals surface area (Å²) in [4.78, 5) is 22.5. The zero-order valence-corrected chi connectivity index (χ0v) is 10.7. The quantitative estimate of drug-likeness (QED) is 0.608. The molecule has 1 rings (SSSR count). The molecular weight excluding hydrogens is 234 g/mol. The van der Waals surface area contributed by atoms with Crippen LogP contribution in [0.25, 0.3) is 0 Å². The molecule has 0 aromatic carbocycles. The van der Waals surface area contributed by atoms with E-state index in [0.717, 1.165) is 0 Å². The van der Waals surface area contributed by atoms with Gasteiger partial charge in [-0.2, -0.15) is 5.10 Å². The number of aryl methyl sites for hydroxylation is 2. The van der Waals surface area contributed by atoms with Crippen LogP contribution in [0.5, 0.6) is 0 Å². The van der Waals surface area contributed by atoms with E-state index in [1.165, 1.54) is 0 Å². The van der Waals surface area contributed by atoms with Crippen molar-refractivity contribution in [1.29, 1.82) is 0 Å². The minimum absolute atomic E-state index is 0.252. The third-order valence-corrected chi connectivity index (χ3v) is 2.57. The molecule has 0 spiro atoms. The lowest BCUT2D eigenvalue weighted by molar-refractivity contribution is -0.118. The van der Waals surface area contributed by atoms with Gasteiger partial charge in [0.2, 0.25) is 5.91 Å². The topological polar surface area (TPSA) is 116 Å². The number of anilines is 1. The molecule has 1 aromatic heterocycles. The number of primary amides is 1. The maximum Gasteiger partial charge on any atom is 0.271 e. The van der Waals surface area contributed by atoms with Gasteiger partial charge in [-0.15, -0.1) is 0 Å². The van der Waals surface area contributed by atoms with Crippen LogP contribution in [0, 0.1) is 6.92 Å². The van der Waals surface area contributed by atoms with Crippen LogP contribution in [0.15, 0.2) is 0 Å². The highest BCUT2D eigenvalue weighted by molar-refractivity contribution is 5.97. The van der Waals surface area contributed by atoms with E-state index in [4.69, 9.17) is 11.5 Å². The molecule has 7 nitrogen and oxygen atoms in total. The average molecular weight is 253 g/mol. The van der Waals surface area contributed by atoms with Gasteiger partial charge in [0, 0.05) is 19.5 Å². The lowest BCUT2D eigenvalue weighted by atomic mass is 10.2. The Balaban J connectivity index is 2.64. The lowest BCUT2D eigenvalue weighted by Gasteiger charge is -2.07. The summed E-state index contributed by atoms with van der Waals surface area (Å²) in [5.41, 5.74) is 12.2. The number of nitrogen functional groups attached to an aromatic ring is 1. The molecular formula is C11H19N5O2. The summed E-state index contributed by atoms with van der Waals surface area (Å²) < 4.78 is 1.56. The van der Waals surface area contributed by atoms with Crippen LogP contribution in [0.1, 0.15) is 35.9 Å². The summed E-state index contributed by atoms with van der Waals surface area (Å²) >= 11 is 0. The predicted molar refractivity (Wildman–Crippen MR) is 67.8 cm³/mol. The van der Waals surface area contributed by atoms with Crippen LogP contribution < -0.4 is 16.8 Å². The Morgan fingerprint density at radius 3 is 2.67 bits per heavy atom. The molecule has 0 aliphatic rings. The molecule has 0 aliphatic carbocycles. The maximum atomic E-state index is 11.9. The average Bonchev–Trinajstić information content (AvgIpc) is 2.60. The molecule has 0 aliphatic heterocycles. The van der Waals surface area contributed by atoms with Gasteiger partial charge < -0.3 is 16.8 Å². The van der Waals surface area contributed by atoms with Crippen LogP contribution in [0.2, 0.25) is 0 Å². The highest BCUT2D eigenvalue weighted by atomic mass is 16.2. The second-order valence-electron chi connectivity index (χ2n) is 3.99. The van der Waals surface area contributed by atoms with Gasteiger partial charge in [0.25, 0.3) is 5.91 Å². The first-order valence-corrected chi connectivity index (χ1v) is 5.86. The van der Waals surface area contributed by atoms with Gasteiger partial charge >= 0.3 is 0 Å². The first-order valence-electron chi connectivity index (χ1n) is 5.86. The van der Waals surface area contributed by atoms with Gasteiger partial charge in [0.05, 0.1) is 11.4 Å². The summed E-state index contributed by atoms with van der Waals surface area (Å²) in [6.07, 6.45) is 0.766. The Morgan fingerprint density at radius 1 is 1.44 bits per heavy atom. The molecule has 2 amide bonds. The molecule has 7 heteroatoms. The Bertz CT molecular complexity index is 453. The first-order chi connectivity index (χ1) is 8.47. The van der Waals surface area contributed by atoms with Crippen LogP contribution in [-0.4, -0.2) is 28.1 Å². The van der Waals surface area contributed by atoms with Crippen LogP contribution >= 0.6 is 0 Å². The second-order valence-corrected chi connectivity index (χ2v) is 3.99. The summed E-state index contributed by atoms with van der Waals surface area (Å²) in [5.74, 6) is -0.655. The highest BCUT2D eigenvalue weighted by Crippen LogP contribution is 2.15. The van der Waals surface area contributed by atoms with E-state index in [1.807, 2.05) is 6.92 Å². The van der Waals surface area contributed by atoms with Crippen molar-refractivity contribution in [2.45, 2.75) is 33.2 Å². The minimum Gasteiger partial charge on any atom is -0.395 e. The van der Waals surface area contributed by atoms with Crippen molar-refractivity contribution in [3.8, 4) is 0 Å². The summed E-state index contributed by atoms with van der Waals surface area (Å²) in [6.45, 7) is 4.60. The van der Waals surface area contributed by atoms with Crippen molar-refractivity contribution in [2.24, 2.45) is 5.73 Å². The summed E-state index contributed by atoms with van der Waals surface area (Å²) in [5, 5.41) is 6.86. The van der Waals surface area contributed by atoms with Gasteiger partial charge in [-0.1, -0.05) is 0 Å². The molecule has 100 valence electrons. The van der Waals surface area contributed by atoms with Crippen molar-refractivity contribution < 1.29 is 9.59 Å². The molecule has 0 radical (unpaired) electrons. The van der Waals surface area contributed by atoms with Crippen LogP contribution in [0.3, 0.4) is 0 Å². The van der Waals surface area contributed by atoms with Gasteiger partial charge in [0.15, 0.2) is 0 Å². The number of nitrogens with two attached hydrogens (primary N) is 2. The van der Waals surface area contributed by atoms with Gasteiger partial charge in [-0.05, 0) is 20.3 Å². The van der Waals surface area contributed by atoms with E-state index in [9.17, 15) is 9.59 Å². The third-order valence-electron chi connectivity index (χ3n) is 2.57. The standard InChI is InChI=1S/C11H19N5O2/c1-3-16-10(9(13)7(2)15-16)11(18)14-6-4-5-8(12)17/h3-6,13H2,1-2H3,(H2,12,17)(H,14,18). The molecule has 0 saturated carbocycles. The van der Waals surface area contributed by atoms with Gasteiger partial charge in [0.1, 0.15) is 5.69 Å². The molecule has 0 saturated heterocycles. The first kappa shape index (κ1) is 14.0. The fourth-order valence-corrected chi connectivity index (χ4v) is 1.61. The molecule has 5 N–H and O–H groups in total. The number of carbonyl (C=O) groups excluding carboxylic acids is 2. The number of hydrogen-bond acceptors (Lipinski definition) is 4. The van der Waals surface area contributed by atoms with Gasteiger partial charge in [-0.25, -0.2) is 0 Å². The molecule has 0 atom stereocenters. The maximum absolute atomic E-state index is 11.9. The number of rotatable bonds is 6. The van der Waals surface area contributed by atoms with Crippen LogP contribution in [-0.2, 0) is 11.3 Å². The normalized spacial score (nSPS) is 10.3. The zero-order chi connectivity index (χ0) is 13.7. The van der Waals surface area contributed by atoms with Crippen molar-refractivity contribution in [1.82, 2.24) is 15.1 Å². The third kappa shape index (κ3) is 3.22. The summed E-state index contributed by atoms with van der Waals surface area (Å²) in [7, 11) is 0. The van der Waals surface area contributed by atoms with Crippen molar-refractivity contribution in [3.05, 3.63) is 11.4 Å². The van der Waals surface area contributed by atoms with E-state index in [0.29, 0.717) is 36.6 Å². The molecule has 1 aromatic rings. The minimum atomic E-state index is -0.377. The van der Waals surface area contributed by atoms with Gasteiger partial charge in [-0.3, -0.25) is 14.3 Å². The zero-order valence-electron chi connectivity index (χ0n) is 10.7. The van der Waals surface area contributed by atoms with E-state index in [-0.39, 0.29) is 18.2 Å². The Kier molecular flexibility index (Phi) is 4.70. The van der Waals surface area contributed by atoms with Crippen molar-refractivity contribution in [2.75, 3.05) is 12.3 Å². The molecule has 18 heavy (non-hydrogen) atoms. The molecule has 0 fully saturated rings. The highest BCUT2D eigenvalue weighted by Gasteiger charge is 2.18. The fourth-order valence-electron chi connectivity index (χ4n) is 1.61. The van der Waals surface area contributed by atoms with E-state index < -0.39 is 0 Å². The molecule has 0 bridgehead atoms. The Labute approximate surface area is 106 Å². The number of amides is 2. The van der Waals surface area contributed by atoms with E-state index >= 15 is 0 Å². The number of carbonyl (C=O) groups is 2. The fraction of sp³-hybridized carbons (Fsp3) is 0.545. The Hall–Kier alpha value is -2.05. The van der Waals surface area contributed by atoms with E-state index in [2.05, 4.69) is 10.4 Å². The Morgan fingerprint density at radius 2 is 2.11 bits per heavy atom. The summed E-state index contributed by atoms with van der Waals surface area (Å²) in [6, 6.07) is 0. The molecule has 1 heterocycles. The van der Waals surface area contributed by atoms with Crippen molar-refractivity contribution >= 4 is 17.5 Å².